The first kappa shape index (κ1) is 29.9. The van der Waals surface area contributed by atoms with Gasteiger partial charge in [0.1, 0.15) is 6.04 Å². The fourth-order valence-electron chi connectivity index (χ4n) is 5.42. The lowest BCUT2D eigenvalue weighted by Gasteiger charge is -2.33. The molecule has 3 aliphatic rings. The number of halogens is 2. The van der Waals surface area contributed by atoms with Gasteiger partial charge in [-0.1, -0.05) is 58.7 Å². The average molecular weight is 665 g/mol. The maximum absolute atomic E-state index is 14.3. The highest BCUT2D eigenvalue weighted by molar-refractivity contribution is 9.10. The molecule has 41 heavy (non-hydrogen) atoms. The van der Waals surface area contributed by atoms with E-state index in [1.807, 2.05) is 12.1 Å². The molecule has 2 N–H and O–H groups in total. The number of nitrogens with zero attached hydrogens (tertiary/aromatic N) is 1. The maximum Gasteiger partial charge on any atom is 0.289 e. The Morgan fingerprint density at radius 3 is 2.34 bits per heavy atom. The Balaban J connectivity index is 1.45. The molecule has 2 saturated carbocycles. The Morgan fingerprint density at radius 2 is 1.76 bits per heavy atom. The zero-order chi connectivity index (χ0) is 29.5. The second-order valence-electron chi connectivity index (χ2n) is 10.9. The van der Waals surface area contributed by atoms with Crippen LogP contribution in [0.3, 0.4) is 0 Å². The number of carbonyl (C=O) groups excluding carboxylic acids is 4. The number of ketones is 1. The number of rotatable bonds is 10. The van der Waals surface area contributed by atoms with Crippen LogP contribution in [0, 0.1) is 0 Å². The van der Waals surface area contributed by atoms with Gasteiger partial charge in [0.25, 0.3) is 5.91 Å². The zero-order valence-corrected chi connectivity index (χ0v) is 25.6. The topological polar surface area (TPSA) is 130 Å². The van der Waals surface area contributed by atoms with E-state index in [0.717, 1.165) is 22.2 Å². The van der Waals surface area contributed by atoms with Crippen molar-refractivity contribution in [3.8, 4) is 0 Å². The number of nitrogens with one attached hydrogen (secondary N) is 2. The standard InChI is InChI=1S/C29H31BrClN3O6S/c1-2-23(25(35)26(36)33-19-11-12-19)34(28(38)29(13-14-29)17-7-9-18(30)10-8-17)27(37)22-15-20(16-32-22)41(39,40)24-6-4-3-5-21(24)31/h3-10,19-20,22-23,32H,2,11-16H2,1H3,(H,33,36)/t20-,22+,23+/m1/s1. The van der Waals surface area contributed by atoms with Crippen molar-refractivity contribution >= 4 is 60.9 Å². The molecule has 2 aliphatic carbocycles. The van der Waals surface area contributed by atoms with Gasteiger partial charge in [0.2, 0.25) is 17.6 Å². The first-order chi connectivity index (χ1) is 19.5. The molecule has 0 aromatic heterocycles. The summed E-state index contributed by atoms with van der Waals surface area (Å²) in [7, 11) is -3.89. The quantitative estimate of drug-likeness (QED) is 0.295. The lowest BCUT2D eigenvalue weighted by atomic mass is 9.92. The van der Waals surface area contributed by atoms with Crippen LogP contribution in [-0.2, 0) is 34.4 Å². The zero-order valence-electron chi connectivity index (χ0n) is 22.4. The van der Waals surface area contributed by atoms with E-state index < -0.39 is 56.1 Å². The highest BCUT2D eigenvalue weighted by Crippen LogP contribution is 2.50. The van der Waals surface area contributed by atoms with Gasteiger partial charge in [0.05, 0.1) is 26.6 Å². The van der Waals surface area contributed by atoms with E-state index in [1.54, 1.807) is 31.2 Å². The summed E-state index contributed by atoms with van der Waals surface area (Å²) in [6.07, 6.45) is 2.45. The molecule has 12 heteroatoms. The number of hydrogen-bond acceptors (Lipinski definition) is 7. The number of hydrogen-bond donors (Lipinski definition) is 2. The van der Waals surface area contributed by atoms with Crippen LogP contribution >= 0.6 is 27.5 Å². The molecule has 0 spiro atoms. The number of amides is 3. The smallest absolute Gasteiger partial charge is 0.289 e. The molecule has 3 fully saturated rings. The Hall–Kier alpha value is -2.60. The van der Waals surface area contributed by atoms with Crippen molar-refractivity contribution in [3.63, 3.8) is 0 Å². The fraction of sp³-hybridized carbons (Fsp3) is 0.448. The Morgan fingerprint density at radius 1 is 1.10 bits per heavy atom. The molecule has 0 unspecified atom stereocenters. The lowest BCUT2D eigenvalue weighted by molar-refractivity contribution is -0.155. The van der Waals surface area contributed by atoms with Gasteiger partial charge in [-0.15, -0.1) is 0 Å². The Kier molecular flexibility index (Phi) is 8.44. The van der Waals surface area contributed by atoms with Crippen molar-refractivity contribution in [1.82, 2.24) is 15.5 Å². The van der Waals surface area contributed by atoms with Crippen molar-refractivity contribution in [2.45, 2.75) is 79.1 Å². The number of sulfone groups is 1. The number of Topliss-reactive ketones (excluding diaryl/α,β-unsaturated/α-hetero) is 1. The molecule has 218 valence electrons. The molecule has 3 amide bonds. The van der Waals surface area contributed by atoms with Crippen molar-refractivity contribution in [2.24, 2.45) is 0 Å². The van der Waals surface area contributed by atoms with Gasteiger partial charge < -0.3 is 10.6 Å². The lowest BCUT2D eigenvalue weighted by Crippen LogP contribution is -2.58. The van der Waals surface area contributed by atoms with Gasteiger partial charge in [-0.25, -0.2) is 8.42 Å². The Bertz CT molecular complexity index is 1490. The normalized spacial score (nSPS) is 22.0. The van der Waals surface area contributed by atoms with E-state index in [0.29, 0.717) is 18.4 Å². The van der Waals surface area contributed by atoms with E-state index in [2.05, 4.69) is 26.6 Å². The van der Waals surface area contributed by atoms with Gasteiger partial charge in [-0.2, -0.15) is 0 Å². The van der Waals surface area contributed by atoms with Crippen LogP contribution in [0.25, 0.3) is 0 Å². The predicted molar refractivity (Wildman–Crippen MR) is 156 cm³/mol. The monoisotopic (exact) mass is 663 g/mol. The summed E-state index contributed by atoms with van der Waals surface area (Å²) in [4.78, 5) is 55.5. The first-order valence-corrected chi connectivity index (χ1v) is 16.4. The van der Waals surface area contributed by atoms with Crippen molar-refractivity contribution in [2.75, 3.05) is 6.54 Å². The molecular weight excluding hydrogens is 634 g/mol. The highest BCUT2D eigenvalue weighted by Gasteiger charge is 2.57. The highest BCUT2D eigenvalue weighted by atomic mass is 79.9. The maximum atomic E-state index is 14.3. The van der Waals surface area contributed by atoms with E-state index >= 15 is 0 Å². The van der Waals surface area contributed by atoms with Crippen molar-refractivity contribution < 1.29 is 27.6 Å². The minimum absolute atomic E-state index is 0.0278. The van der Waals surface area contributed by atoms with E-state index in [-0.39, 0.29) is 35.3 Å². The summed E-state index contributed by atoms with van der Waals surface area (Å²) in [5, 5.41) is 4.74. The third-order valence-corrected chi connectivity index (χ3v) is 11.3. The summed E-state index contributed by atoms with van der Waals surface area (Å²) >= 11 is 9.57. The summed E-state index contributed by atoms with van der Waals surface area (Å²) < 4.78 is 27.6. The molecule has 9 nitrogen and oxygen atoms in total. The summed E-state index contributed by atoms with van der Waals surface area (Å²) in [6, 6.07) is 10.9. The van der Waals surface area contributed by atoms with Gasteiger partial charge in [0, 0.05) is 17.1 Å². The molecule has 3 atom stereocenters. The first-order valence-electron chi connectivity index (χ1n) is 13.7. The van der Waals surface area contributed by atoms with Crippen LogP contribution in [0.4, 0.5) is 0 Å². The van der Waals surface area contributed by atoms with Crippen LogP contribution < -0.4 is 10.6 Å². The largest absolute Gasteiger partial charge is 0.347 e. The molecule has 0 radical (unpaired) electrons. The van der Waals surface area contributed by atoms with Crippen LogP contribution in [-0.4, -0.2) is 66.7 Å². The third kappa shape index (κ3) is 5.86. The summed E-state index contributed by atoms with van der Waals surface area (Å²) in [5.41, 5.74) is -0.287. The molecule has 2 aromatic rings. The second-order valence-corrected chi connectivity index (χ2v) is 14.5. The molecule has 0 bridgehead atoms. The predicted octanol–water partition coefficient (Wildman–Crippen LogP) is 3.32. The van der Waals surface area contributed by atoms with Crippen LogP contribution in [0.15, 0.2) is 57.9 Å². The SMILES string of the molecule is CC[C@@H](C(=O)C(=O)NC1CC1)N(C(=O)[C@@H]1C[C@@H](S(=O)(=O)c2ccccc2Cl)CN1)C(=O)C1(c2ccc(Br)cc2)CC1. The fourth-order valence-corrected chi connectivity index (χ4v) is 7.87. The third-order valence-electron chi connectivity index (χ3n) is 8.12. The summed E-state index contributed by atoms with van der Waals surface area (Å²) in [5.74, 6) is -2.94. The molecule has 2 aromatic carbocycles. The molecule has 1 heterocycles. The van der Waals surface area contributed by atoms with Gasteiger partial charge in [-0.3, -0.25) is 24.1 Å². The second kappa shape index (κ2) is 11.6. The average Bonchev–Trinajstić information content (AvgIpc) is 3.89. The van der Waals surface area contributed by atoms with E-state index in [4.69, 9.17) is 11.6 Å². The molecular formula is C29H31BrClN3O6S. The van der Waals surface area contributed by atoms with Crippen LogP contribution in [0.1, 0.15) is 51.0 Å². The molecule has 1 aliphatic heterocycles. The van der Waals surface area contributed by atoms with Crippen LogP contribution in [0.2, 0.25) is 5.02 Å². The number of imide groups is 1. The van der Waals surface area contributed by atoms with Crippen molar-refractivity contribution in [1.29, 1.82) is 0 Å². The minimum Gasteiger partial charge on any atom is -0.347 e. The number of carbonyl (C=O) groups is 4. The minimum atomic E-state index is -3.89. The summed E-state index contributed by atoms with van der Waals surface area (Å²) in [6.45, 7) is 1.61. The van der Waals surface area contributed by atoms with Crippen molar-refractivity contribution in [3.05, 3.63) is 63.6 Å². The van der Waals surface area contributed by atoms with Gasteiger partial charge in [0.15, 0.2) is 9.84 Å². The van der Waals surface area contributed by atoms with E-state index in [9.17, 15) is 27.6 Å². The number of benzene rings is 2. The van der Waals surface area contributed by atoms with Crippen LogP contribution in [0.5, 0.6) is 0 Å². The van der Waals surface area contributed by atoms with Gasteiger partial charge >= 0.3 is 0 Å². The van der Waals surface area contributed by atoms with Gasteiger partial charge in [-0.05, 0) is 68.4 Å². The molecule has 1 saturated heterocycles. The Labute approximate surface area is 252 Å². The molecule has 5 rings (SSSR count). The van der Waals surface area contributed by atoms with E-state index in [1.165, 1.54) is 12.1 Å².